The number of nitrogens with zero attached hydrogens (tertiary/aromatic N) is 3. The molecule has 0 saturated carbocycles. The molecule has 7 heteroatoms. The van der Waals surface area contributed by atoms with Crippen molar-refractivity contribution in [3.05, 3.63) is 60.3 Å². The van der Waals surface area contributed by atoms with Gasteiger partial charge in [0, 0.05) is 29.6 Å². The van der Waals surface area contributed by atoms with E-state index in [1.54, 1.807) is 36.5 Å². The van der Waals surface area contributed by atoms with E-state index < -0.39 is 0 Å². The van der Waals surface area contributed by atoms with Gasteiger partial charge in [-0.3, -0.25) is 9.78 Å². The summed E-state index contributed by atoms with van der Waals surface area (Å²) in [6, 6.07) is 14.2. The van der Waals surface area contributed by atoms with E-state index in [1.807, 2.05) is 25.1 Å². The van der Waals surface area contributed by atoms with E-state index in [0.29, 0.717) is 34.4 Å². The van der Waals surface area contributed by atoms with Gasteiger partial charge in [-0.15, -0.1) is 0 Å². The van der Waals surface area contributed by atoms with Crippen molar-refractivity contribution >= 4 is 23.4 Å². The lowest BCUT2D eigenvalue weighted by Crippen LogP contribution is -2.18. The molecule has 0 aliphatic carbocycles. The molecule has 0 bridgehead atoms. The molecular weight excluding hydrogens is 340 g/mol. The number of nitrogens with two attached hydrogens (primary N) is 1. The van der Waals surface area contributed by atoms with Gasteiger partial charge in [-0.25, -0.2) is 4.98 Å². The van der Waals surface area contributed by atoms with Crippen molar-refractivity contribution in [2.45, 2.75) is 26.3 Å². The summed E-state index contributed by atoms with van der Waals surface area (Å²) in [5.74, 6) is 0.577. The first-order chi connectivity index (χ1) is 13.0. The fraction of sp³-hybridized carbons (Fsp3) is 0.200. The zero-order valence-electron chi connectivity index (χ0n) is 15.3. The van der Waals surface area contributed by atoms with Crippen molar-refractivity contribution in [3.8, 4) is 11.4 Å². The summed E-state index contributed by atoms with van der Waals surface area (Å²) in [5.41, 5.74) is 8.11. The Hall–Kier alpha value is -3.48. The maximum absolute atomic E-state index is 12.5. The number of nitrogens with one attached hydrogen (secondary N) is 2. The number of nitrogen functional groups attached to an aromatic ring is 1. The van der Waals surface area contributed by atoms with Gasteiger partial charge in [0.2, 0.25) is 5.95 Å². The highest BCUT2D eigenvalue weighted by Gasteiger charge is 2.12. The maximum Gasteiger partial charge on any atom is 0.256 e. The van der Waals surface area contributed by atoms with Crippen molar-refractivity contribution in [2.24, 2.45) is 0 Å². The molecule has 1 atom stereocenters. The first-order valence-electron chi connectivity index (χ1n) is 8.79. The molecule has 27 heavy (non-hydrogen) atoms. The van der Waals surface area contributed by atoms with E-state index in [-0.39, 0.29) is 11.9 Å². The lowest BCUT2D eigenvalue weighted by Gasteiger charge is -2.14. The molecule has 0 saturated heterocycles. The van der Waals surface area contributed by atoms with Crippen LogP contribution in [0.5, 0.6) is 0 Å². The van der Waals surface area contributed by atoms with Crippen LogP contribution in [-0.4, -0.2) is 26.9 Å². The third-order valence-electron chi connectivity index (χ3n) is 4.06. The third-order valence-corrected chi connectivity index (χ3v) is 4.06. The minimum absolute atomic E-state index is 0.199. The quantitative estimate of drug-likeness (QED) is 0.579. The van der Waals surface area contributed by atoms with Crippen molar-refractivity contribution in [3.63, 3.8) is 0 Å². The van der Waals surface area contributed by atoms with Gasteiger partial charge in [-0.1, -0.05) is 13.0 Å². The van der Waals surface area contributed by atoms with Gasteiger partial charge >= 0.3 is 0 Å². The zero-order valence-corrected chi connectivity index (χ0v) is 15.3. The summed E-state index contributed by atoms with van der Waals surface area (Å²) in [4.78, 5) is 25.8. The van der Waals surface area contributed by atoms with E-state index in [4.69, 9.17) is 5.73 Å². The molecule has 7 nitrogen and oxygen atoms in total. The van der Waals surface area contributed by atoms with Gasteiger partial charge in [0.15, 0.2) is 0 Å². The molecule has 4 N–H and O–H groups in total. The zero-order chi connectivity index (χ0) is 19.2. The van der Waals surface area contributed by atoms with Gasteiger partial charge in [0.25, 0.3) is 5.91 Å². The summed E-state index contributed by atoms with van der Waals surface area (Å²) < 4.78 is 0. The topological polar surface area (TPSA) is 106 Å². The molecule has 0 fully saturated rings. The third kappa shape index (κ3) is 4.78. The van der Waals surface area contributed by atoms with Crippen LogP contribution in [0.2, 0.25) is 0 Å². The van der Waals surface area contributed by atoms with Gasteiger partial charge in [0.05, 0.1) is 11.4 Å². The number of rotatable bonds is 6. The van der Waals surface area contributed by atoms with Crippen LogP contribution in [0.4, 0.5) is 17.5 Å². The van der Waals surface area contributed by atoms with Crippen molar-refractivity contribution in [2.75, 3.05) is 16.4 Å². The SMILES string of the molecule is CC[C@H](C)Nc1nc(NC(=O)c2ccc(N)cc2)cc(-c2ccccn2)n1. The lowest BCUT2D eigenvalue weighted by atomic mass is 10.2. The van der Waals surface area contributed by atoms with E-state index in [2.05, 4.69) is 32.5 Å². The van der Waals surface area contributed by atoms with E-state index in [9.17, 15) is 4.79 Å². The smallest absolute Gasteiger partial charge is 0.256 e. The molecule has 0 aliphatic rings. The number of amides is 1. The Balaban J connectivity index is 1.91. The number of hydrogen-bond acceptors (Lipinski definition) is 6. The number of benzene rings is 1. The first-order valence-corrected chi connectivity index (χ1v) is 8.79. The molecule has 1 amide bonds. The lowest BCUT2D eigenvalue weighted by molar-refractivity contribution is 0.102. The van der Waals surface area contributed by atoms with Crippen molar-refractivity contribution in [1.29, 1.82) is 0 Å². The molecule has 2 aromatic heterocycles. The second-order valence-corrected chi connectivity index (χ2v) is 6.21. The van der Waals surface area contributed by atoms with Crippen LogP contribution in [0.15, 0.2) is 54.7 Å². The Morgan fingerprint density at radius 1 is 1.11 bits per heavy atom. The molecule has 0 unspecified atom stereocenters. The largest absolute Gasteiger partial charge is 0.399 e. The standard InChI is InChI=1S/C20H22N6O/c1-3-13(2)23-20-24-17(16-6-4-5-11-22-16)12-18(26-20)25-19(27)14-7-9-15(21)10-8-14/h4-13H,3,21H2,1-2H3,(H2,23,24,25,26,27)/t13-/m0/s1. The molecule has 0 radical (unpaired) electrons. The molecule has 0 aliphatic heterocycles. The van der Waals surface area contributed by atoms with Crippen LogP contribution >= 0.6 is 0 Å². The average molecular weight is 362 g/mol. The van der Waals surface area contributed by atoms with Gasteiger partial charge in [-0.2, -0.15) is 4.98 Å². The molecule has 0 spiro atoms. The number of carbonyl (C=O) groups is 1. The highest BCUT2D eigenvalue weighted by Crippen LogP contribution is 2.20. The van der Waals surface area contributed by atoms with Crippen molar-refractivity contribution < 1.29 is 4.79 Å². The fourth-order valence-electron chi connectivity index (χ4n) is 2.37. The monoisotopic (exact) mass is 362 g/mol. The minimum atomic E-state index is -0.268. The Morgan fingerprint density at radius 3 is 2.56 bits per heavy atom. The Labute approximate surface area is 158 Å². The number of aromatic nitrogens is 3. The molecule has 1 aromatic carbocycles. The summed E-state index contributed by atoms with van der Waals surface area (Å²) >= 11 is 0. The van der Waals surface area contributed by atoms with Crippen LogP contribution in [0, 0.1) is 0 Å². The first kappa shape index (κ1) is 18.3. The van der Waals surface area contributed by atoms with Gasteiger partial charge < -0.3 is 16.4 Å². The Bertz CT molecular complexity index is 912. The Kier molecular flexibility index (Phi) is 5.61. The normalized spacial score (nSPS) is 11.6. The predicted octanol–water partition coefficient (Wildman–Crippen LogP) is 3.58. The maximum atomic E-state index is 12.5. The summed E-state index contributed by atoms with van der Waals surface area (Å²) in [6.07, 6.45) is 2.62. The number of carbonyl (C=O) groups excluding carboxylic acids is 1. The van der Waals surface area contributed by atoms with Gasteiger partial charge in [-0.05, 0) is 49.7 Å². The highest BCUT2D eigenvalue weighted by atomic mass is 16.1. The van der Waals surface area contributed by atoms with E-state index in [0.717, 1.165) is 6.42 Å². The number of anilines is 3. The molecule has 3 aromatic rings. The predicted molar refractivity (Wildman–Crippen MR) is 107 cm³/mol. The summed E-state index contributed by atoms with van der Waals surface area (Å²) in [7, 11) is 0. The highest BCUT2D eigenvalue weighted by molar-refractivity contribution is 6.04. The molecule has 2 heterocycles. The van der Waals surface area contributed by atoms with Crippen LogP contribution in [0.3, 0.4) is 0 Å². The van der Waals surface area contributed by atoms with Crippen LogP contribution in [0.1, 0.15) is 30.6 Å². The minimum Gasteiger partial charge on any atom is -0.399 e. The second kappa shape index (κ2) is 8.27. The molecule has 138 valence electrons. The molecular formula is C20H22N6O. The van der Waals surface area contributed by atoms with Crippen LogP contribution < -0.4 is 16.4 Å². The number of pyridine rings is 1. The van der Waals surface area contributed by atoms with E-state index >= 15 is 0 Å². The van der Waals surface area contributed by atoms with Crippen LogP contribution in [0.25, 0.3) is 11.4 Å². The van der Waals surface area contributed by atoms with Crippen LogP contribution in [-0.2, 0) is 0 Å². The van der Waals surface area contributed by atoms with E-state index in [1.165, 1.54) is 0 Å². The Morgan fingerprint density at radius 2 is 1.89 bits per heavy atom. The summed E-state index contributed by atoms with van der Waals surface area (Å²) in [6.45, 7) is 4.12. The number of hydrogen-bond donors (Lipinski definition) is 3. The fourth-order valence-corrected chi connectivity index (χ4v) is 2.37. The summed E-state index contributed by atoms with van der Waals surface area (Å²) in [5, 5.41) is 6.07. The van der Waals surface area contributed by atoms with Gasteiger partial charge in [0.1, 0.15) is 5.82 Å². The average Bonchev–Trinajstić information content (AvgIpc) is 2.69. The molecule has 3 rings (SSSR count). The van der Waals surface area contributed by atoms with Crippen molar-refractivity contribution in [1.82, 2.24) is 15.0 Å². The second-order valence-electron chi connectivity index (χ2n) is 6.21.